The molecule has 0 saturated heterocycles. The van der Waals surface area contributed by atoms with Gasteiger partial charge in [-0.05, 0) is 61.2 Å². The Morgan fingerprint density at radius 3 is 2.62 bits per heavy atom. The van der Waals surface area contributed by atoms with Crippen molar-refractivity contribution in [2.24, 2.45) is 0 Å². The van der Waals surface area contributed by atoms with Crippen LogP contribution in [0.3, 0.4) is 0 Å². The smallest absolute Gasteiger partial charge is 0.142 e. The van der Waals surface area contributed by atoms with Gasteiger partial charge in [0.05, 0.1) is 12.3 Å². The van der Waals surface area contributed by atoms with Crippen LogP contribution in [0.2, 0.25) is 5.02 Å². The number of rotatable bonds is 6. The molecular formula is C18H22ClNO. The summed E-state index contributed by atoms with van der Waals surface area (Å²) in [5.41, 5.74) is 4.66. The summed E-state index contributed by atoms with van der Waals surface area (Å²) in [6.07, 6.45) is 1.00. The first-order chi connectivity index (χ1) is 10.1. The lowest BCUT2D eigenvalue weighted by Gasteiger charge is -2.15. The number of aryl methyl sites for hydroxylation is 2. The average molecular weight is 304 g/mol. The molecule has 21 heavy (non-hydrogen) atoms. The Labute approximate surface area is 132 Å². The highest BCUT2D eigenvalue weighted by atomic mass is 35.5. The Hall–Kier alpha value is -1.67. The quantitative estimate of drug-likeness (QED) is 0.776. The SMILES string of the molecule is CCCOc1cc(C)ccc1NCc1ccc(Cl)cc1C. The predicted molar refractivity (Wildman–Crippen MR) is 90.5 cm³/mol. The average Bonchev–Trinajstić information content (AvgIpc) is 2.45. The highest BCUT2D eigenvalue weighted by molar-refractivity contribution is 6.30. The number of halogens is 1. The van der Waals surface area contributed by atoms with Crippen molar-refractivity contribution < 1.29 is 4.74 Å². The van der Waals surface area contributed by atoms with Gasteiger partial charge in [0.25, 0.3) is 0 Å². The third-order valence-corrected chi connectivity index (χ3v) is 3.61. The van der Waals surface area contributed by atoms with Gasteiger partial charge in [-0.2, -0.15) is 0 Å². The lowest BCUT2D eigenvalue weighted by atomic mass is 10.1. The maximum absolute atomic E-state index is 5.99. The van der Waals surface area contributed by atoms with Crippen molar-refractivity contribution in [2.75, 3.05) is 11.9 Å². The molecule has 0 aromatic heterocycles. The molecule has 2 aromatic carbocycles. The summed E-state index contributed by atoms with van der Waals surface area (Å²) in [5, 5.41) is 4.23. The van der Waals surface area contributed by atoms with E-state index in [9.17, 15) is 0 Å². The number of hydrogen-bond acceptors (Lipinski definition) is 2. The first kappa shape index (κ1) is 15.7. The molecule has 0 aliphatic heterocycles. The van der Waals surface area contributed by atoms with Crippen molar-refractivity contribution >= 4 is 17.3 Å². The normalized spacial score (nSPS) is 10.5. The lowest BCUT2D eigenvalue weighted by Crippen LogP contribution is -2.05. The molecule has 0 amide bonds. The van der Waals surface area contributed by atoms with Gasteiger partial charge in [-0.25, -0.2) is 0 Å². The second-order valence-corrected chi connectivity index (χ2v) is 5.71. The number of ether oxygens (including phenoxy) is 1. The van der Waals surface area contributed by atoms with Gasteiger partial charge in [-0.15, -0.1) is 0 Å². The van der Waals surface area contributed by atoms with Gasteiger partial charge >= 0.3 is 0 Å². The summed E-state index contributed by atoms with van der Waals surface area (Å²) in [6.45, 7) is 7.76. The molecule has 112 valence electrons. The summed E-state index contributed by atoms with van der Waals surface area (Å²) in [5.74, 6) is 0.920. The van der Waals surface area contributed by atoms with E-state index in [1.54, 1.807) is 0 Å². The summed E-state index contributed by atoms with van der Waals surface area (Å²) in [4.78, 5) is 0. The maximum atomic E-state index is 5.99. The fourth-order valence-electron chi connectivity index (χ4n) is 2.16. The van der Waals surface area contributed by atoms with Crippen LogP contribution < -0.4 is 10.1 Å². The summed E-state index contributed by atoms with van der Waals surface area (Å²) in [6, 6.07) is 12.2. The van der Waals surface area contributed by atoms with Crippen LogP contribution in [0.5, 0.6) is 5.75 Å². The van der Waals surface area contributed by atoms with E-state index in [0.717, 1.165) is 36.0 Å². The third kappa shape index (κ3) is 4.40. The Bertz CT molecular complexity index is 610. The van der Waals surface area contributed by atoms with Crippen LogP contribution in [-0.2, 0) is 6.54 Å². The first-order valence-corrected chi connectivity index (χ1v) is 7.70. The molecule has 0 spiro atoms. The fourth-order valence-corrected chi connectivity index (χ4v) is 2.38. The fraction of sp³-hybridized carbons (Fsp3) is 0.333. The highest BCUT2D eigenvalue weighted by Crippen LogP contribution is 2.27. The van der Waals surface area contributed by atoms with E-state index in [-0.39, 0.29) is 0 Å². The molecule has 0 radical (unpaired) electrons. The van der Waals surface area contributed by atoms with Crippen molar-refractivity contribution in [2.45, 2.75) is 33.7 Å². The van der Waals surface area contributed by atoms with E-state index in [2.05, 4.69) is 50.4 Å². The van der Waals surface area contributed by atoms with Gasteiger partial charge < -0.3 is 10.1 Å². The lowest BCUT2D eigenvalue weighted by molar-refractivity contribution is 0.318. The number of benzene rings is 2. The van der Waals surface area contributed by atoms with E-state index in [1.165, 1.54) is 16.7 Å². The van der Waals surface area contributed by atoms with Crippen molar-refractivity contribution in [3.8, 4) is 5.75 Å². The molecule has 0 fully saturated rings. The number of nitrogens with one attached hydrogen (secondary N) is 1. The summed E-state index contributed by atoms with van der Waals surface area (Å²) in [7, 11) is 0. The van der Waals surface area contributed by atoms with Crippen molar-refractivity contribution in [1.82, 2.24) is 0 Å². The van der Waals surface area contributed by atoms with E-state index in [1.807, 2.05) is 12.1 Å². The second kappa shape index (κ2) is 7.37. The Balaban J connectivity index is 2.11. The summed E-state index contributed by atoms with van der Waals surface area (Å²) < 4.78 is 5.82. The number of hydrogen-bond donors (Lipinski definition) is 1. The van der Waals surface area contributed by atoms with Crippen LogP contribution in [0, 0.1) is 13.8 Å². The van der Waals surface area contributed by atoms with Gasteiger partial charge in [-0.3, -0.25) is 0 Å². The standard InChI is InChI=1S/C18H22ClNO/c1-4-9-21-18-10-13(2)5-8-17(18)20-12-15-6-7-16(19)11-14(15)3/h5-8,10-11,20H,4,9,12H2,1-3H3. The van der Waals surface area contributed by atoms with Crippen molar-refractivity contribution in [3.63, 3.8) is 0 Å². The molecule has 0 heterocycles. The minimum Gasteiger partial charge on any atom is -0.491 e. The molecule has 0 aliphatic rings. The zero-order valence-corrected chi connectivity index (χ0v) is 13.6. The molecule has 0 bridgehead atoms. The van der Waals surface area contributed by atoms with Gasteiger partial charge in [-0.1, -0.05) is 30.7 Å². The van der Waals surface area contributed by atoms with Crippen LogP contribution in [-0.4, -0.2) is 6.61 Å². The van der Waals surface area contributed by atoms with Crippen LogP contribution in [0.4, 0.5) is 5.69 Å². The molecule has 3 heteroatoms. The van der Waals surface area contributed by atoms with Crippen LogP contribution >= 0.6 is 11.6 Å². The van der Waals surface area contributed by atoms with E-state index in [4.69, 9.17) is 16.3 Å². The van der Waals surface area contributed by atoms with Gasteiger partial charge in [0.15, 0.2) is 0 Å². The molecular weight excluding hydrogens is 282 g/mol. The predicted octanol–water partition coefficient (Wildman–Crippen LogP) is 5.36. The van der Waals surface area contributed by atoms with E-state index in [0.29, 0.717) is 0 Å². The maximum Gasteiger partial charge on any atom is 0.142 e. The molecule has 0 saturated carbocycles. The van der Waals surface area contributed by atoms with Crippen molar-refractivity contribution in [3.05, 3.63) is 58.1 Å². The first-order valence-electron chi connectivity index (χ1n) is 7.32. The molecule has 0 unspecified atom stereocenters. The molecule has 2 rings (SSSR count). The summed E-state index contributed by atoms with van der Waals surface area (Å²) >= 11 is 5.99. The third-order valence-electron chi connectivity index (χ3n) is 3.37. The van der Waals surface area contributed by atoms with Gasteiger partial charge in [0.1, 0.15) is 5.75 Å². The Morgan fingerprint density at radius 1 is 1.10 bits per heavy atom. The van der Waals surface area contributed by atoms with Gasteiger partial charge in [0.2, 0.25) is 0 Å². The zero-order chi connectivity index (χ0) is 15.2. The molecule has 2 aromatic rings. The number of anilines is 1. The van der Waals surface area contributed by atoms with Crippen LogP contribution in [0.15, 0.2) is 36.4 Å². The van der Waals surface area contributed by atoms with E-state index >= 15 is 0 Å². The topological polar surface area (TPSA) is 21.3 Å². The van der Waals surface area contributed by atoms with Crippen molar-refractivity contribution in [1.29, 1.82) is 0 Å². The molecule has 0 aliphatic carbocycles. The second-order valence-electron chi connectivity index (χ2n) is 5.27. The molecule has 0 atom stereocenters. The molecule has 1 N–H and O–H groups in total. The monoisotopic (exact) mass is 303 g/mol. The minimum atomic E-state index is 0.734. The Morgan fingerprint density at radius 2 is 1.90 bits per heavy atom. The largest absolute Gasteiger partial charge is 0.491 e. The Kier molecular flexibility index (Phi) is 5.51. The van der Waals surface area contributed by atoms with Crippen LogP contribution in [0.25, 0.3) is 0 Å². The van der Waals surface area contributed by atoms with Crippen LogP contribution in [0.1, 0.15) is 30.0 Å². The van der Waals surface area contributed by atoms with Gasteiger partial charge in [0, 0.05) is 11.6 Å². The zero-order valence-electron chi connectivity index (χ0n) is 12.9. The minimum absolute atomic E-state index is 0.734. The highest BCUT2D eigenvalue weighted by Gasteiger charge is 2.05. The molecule has 2 nitrogen and oxygen atoms in total. The van der Waals surface area contributed by atoms with E-state index < -0.39 is 0 Å².